The number of rotatable bonds is 5. The van der Waals surface area contributed by atoms with Gasteiger partial charge in [-0.1, -0.05) is 43.3 Å². The quantitative estimate of drug-likeness (QED) is 0.817. The Balaban J connectivity index is 1.95. The van der Waals surface area contributed by atoms with E-state index in [4.69, 9.17) is 0 Å². The third-order valence-corrected chi connectivity index (χ3v) is 3.82. The van der Waals surface area contributed by atoms with Crippen LogP contribution >= 0.6 is 11.3 Å². The zero-order chi connectivity index (χ0) is 13.5. The summed E-state index contributed by atoms with van der Waals surface area (Å²) in [6.45, 7) is 2.07. The minimum Gasteiger partial charge on any atom is -0.345 e. The van der Waals surface area contributed by atoms with Crippen LogP contribution in [-0.2, 0) is 4.79 Å². The summed E-state index contributed by atoms with van der Waals surface area (Å²) in [6, 6.07) is 14.0. The maximum absolute atomic E-state index is 11.9. The molecule has 1 aromatic carbocycles. The first kappa shape index (κ1) is 13.6. The van der Waals surface area contributed by atoms with Crippen LogP contribution in [0.1, 0.15) is 29.8 Å². The Labute approximate surface area is 117 Å². The van der Waals surface area contributed by atoms with Gasteiger partial charge in [0.05, 0.1) is 6.04 Å². The van der Waals surface area contributed by atoms with Crippen molar-refractivity contribution in [3.8, 4) is 0 Å². The van der Waals surface area contributed by atoms with Crippen molar-refractivity contribution in [2.45, 2.75) is 19.4 Å². The summed E-state index contributed by atoms with van der Waals surface area (Å²) in [5.41, 5.74) is 1.03. The number of hydrogen-bond acceptors (Lipinski definition) is 2. The smallest absolute Gasteiger partial charge is 0.244 e. The molecule has 1 atom stereocenters. The molecule has 1 aromatic heterocycles. The van der Waals surface area contributed by atoms with Crippen LogP contribution in [0.25, 0.3) is 6.08 Å². The van der Waals surface area contributed by atoms with E-state index >= 15 is 0 Å². The van der Waals surface area contributed by atoms with E-state index in [1.807, 2.05) is 47.9 Å². The van der Waals surface area contributed by atoms with Gasteiger partial charge in [0.2, 0.25) is 5.91 Å². The van der Waals surface area contributed by atoms with Crippen LogP contribution in [-0.4, -0.2) is 5.91 Å². The van der Waals surface area contributed by atoms with E-state index in [-0.39, 0.29) is 11.9 Å². The molecule has 1 N–H and O–H groups in total. The van der Waals surface area contributed by atoms with Gasteiger partial charge in [0.25, 0.3) is 0 Å². The van der Waals surface area contributed by atoms with Crippen LogP contribution in [0, 0.1) is 0 Å². The Morgan fingerprint density at radius 1 is 1.26 bits per heavy atom. The van der Waals surface area contributed by atoms with Crippen molar-refractivity contribution in [3.05, 3.63) is 64.4 Å². The Kier molecular flexibility index (Phi) is 4.93. The van der Waals surface area contributed by atoms with Gasteiger partial charge >= 0.3 is 0 Å². The molecular weight excluding hydrogens is 254 g/mol. The molecule has 0 saturated heterocycles. The SMILES string of the molecule is CCC(NC(=O)/C=C/c1ccccc1)c1cccs1. The lowest BCUT2D eigenvalue weighted by Crippen LogP contribution is -2.25. The molecule has 0 spiro atoms. The molecular formula is C16H17NOS. The number of benzene rings is 1. The first-order valence-corrected chi connectivity index (χ1v) is 7.24. The zero-order valence-electron chi connectivity index (χ0n) is 10.9. The number of carbonyl (C=O) groups excluding carboxylic acids is 1. The van der Waals surface area contributed by atoms with Crippen molar-refractivity contribution in [1.29, 1.82) is 0 Å². The topological polar surface area (TPSA) is 29.1 Å². The van der Waals surface area contributed by atoms with Gasteiger partial charge in [-0.15, -0.1) is 11.3 Å². The third kappa shape index (κ3) is 4.07. The van der Waals surface area contributed by atoms with Crippen molar-refractivity contribution < 1.29 is 4.79 Å². The highest BCUT2D eigenvalue weighted by Crippen LogP contribution is 2.21. The largest absolute Gasteiger partial charge is 0.345 e. The van der Waals surface area contributed by atoms with Gasteiger partial charge in [0.1, 0.15) is 0 Å². The monoisotopic (exact) mass is 271 g/mol. The van der Waals surface area contributed by atoms with Gasteiger partial charge in [-0.05, 0) is 29.5 Å². The number of thiophene rings is 1. The molecule has 2 rings (SSSR count). The van der Waals surface area contributed by atoms with E-state index in [1.165, 1.54) is 4.88 Å². The van der Waals surface area contributed by atoms with Crippen LogP contribution in [0.3, 0.4) is 0 Å². The van der Waals surface area contributed by atoms with Crippen LogP contribution < -0.4 is 5.32 Å². The Morgan fingerprint density at radius 3 is 2.68 bits per heavy atom. The lowest BCUT2D eigenvalue weighted by Gasteiger charge is -2.13. The predicted octanol–water partition coefficient (Wildman–Crippen LogP) is 4.03. The maximum atomic E-state index is 11.9. The molecule has 1 amide bonds. The van der Waals surface area contributed by atoms with Gasteiger partial charge in [-0.25, -0.2) is 0 Å². The van der Waals surface area contributed by atoms with Crippen LogP contribution in [0.15, 0.2) is 53.9 Å². The molecule has 0 saturated carbocycles. The average molecular weight is 271 g/mol. The third-order valence-electron chi connectivity index (χ3n) is 2.84. The van der Waals surface area contributed by atoms with E-state index in [1.54, 1.807) is 17.4 Å². The molecule has 1 unspecified atom stereocenters. The molecule has 0 aliphatic carbocycles. The predicted molar refractivity (Wildman–Crippen MR) is 81.0 cm³/mol. The van der Waals surface area contributed by atoms with E-state index in [2.05, 4.69) is 18.3 Å². The minimum absolute atomic E-state index is 0.0518. The second-order valence-corrected chi connectivity index (χ2v) is 5.21. The normalized spacial score (nSPS) is 12.5. The molecule has 3 heteroatoms. The Bertz CT molecular complexity index is 531. The van der Waals surface area contributed by atoms with Crippen molar-refractivity contribution in [3.63, 3.8) is 0 Å². The molecule has 19 heavy (non-hydrogen) atoms. The number of carbonyl (C=O) groups is 1. The van der Waals surface area contributed by atoms with E-state index in [9.17, 15) is 4.79 Å². The summed E-state index contributed by atoms with van der Waals surface area (Å²) in [7, 11) is 0. The minimum atomic E-state index is -0.0518. The molecule has 1 heterocycles. The molecule has 0 bridgehead atoms. The number of hydrogen-bond donors (Lipinski definition) is 1. The summed E-state index contributed by atoms with van der Waals surface area (Å²) < 4.78 is 0. The van der Waals surface area contributed by atoms with Gasteiger partial charge in [0.15, 0.2) is 0 Å². The summed E-state index contributed by atoms with van der Waals surface area (Å²) in [5, 5.41) is 5.06. The highest BCUT2D eigenvalue weighted by atomic mass is 32.1. The molecule has 2 aromatic rings. The first-order valence-electron chi connectivity index (χ1n) is 6.36. The van der Waals surface area contributed by atoms with Gasteiger partial charge in [-0.3, -0.25) is 4.79 Å². The highest BCUT2D eigenvalue weighted by molar-refractivity contribution is 7.10. The molecule has 0 aliphatic heterocycles. The molecule has 2 nitrogen and oxygen atoms in total. The average Bonchev–Trinajstić information content (AvgIpc) is 2.97. The van der Waals surface area contributed by atoms with Crippen molar-refractivity contribution in [2.24, 2.45) is 0 Å². The fraction of sp³-hybridized carbons (Fsp3) is 0.188. The van der Waals surface area contributed by atoms with Gasteiger partial charge < -0.3 is 5.32 Å². The maximum Gasteiger partial charge on any atom is 0.244 e. The zero-order valence-corrected chi connectivity index (χ0v) is 11.7. The van der Waals surface area contributed by atoms with E-state index in [0.717, 1.165) is 12.0 Å². The fourth-order valence-corrected chi connectivity index (χ4v) is 2.68. The molecule has 0 radical (unpaired) electrons. The summed E-state index contributed by atoms with van der Waals surface area (Å²) in [5.74, 6) is -0.0518. The number of nitrogens with one attached hydrogen (secondary N) is 1. The van der Waals surface area contributed by atoms with E-state index < -0.39 is 0 Å². The molecule has 0 aliphatic rings. The number of amides is 1. The lowest BCUT2D eigenvalue weighted by atomic mass is 10.2. The fourth-order valence-electron chi connectivity index (χ4n) is 1.82. The van der Waals surface area contributed by atoms with Crippen molar-refractivity contribution >= 4 is 23.3 Å². The second-order valence-electron chi connectivity index (χ2n) is 4.23. The molecule has 98 valence electrons. The Morgan fingerprint density at radius 2 is 2.05 bits per heavy atom. The van der Waals surface area contributed by atoms with Crippen LogP contribution in [0.5, 0.6) is 0 Å². The molecule has 0 fully saturated rings. The highest BCUT2D eigenvalue weighted by Gasteiger charge is 2.11. The summed E-state index contributed by atoms with van der Waals surface area (Å²) >= 11 is 1.67. The summed E-state index contributed by atoms with van der Waals surface area (Å²) in [6.07, 6.45) is 4.31. The Hall–Kier alpha value is -1.87. The van der Waals surface area contributed by atoms with Gasteiger partial charge in [0, 0.05) is 11.0 Å². The van der Waals surface area contributed by atoms with Crippen LogP contribution in [0.2, 0.25) is 0 Å². The van der Waals surface area contributed by atoms with Crippen LogP contribution in [0.4, 0.5) is 0 Å². The van der Waals surface area contributed by atoms with Crippen molar-refractivity contribution in [2.75, 3.05) is 0 Å². The standard InChI is InChI=1S/C16H17NOS/c1-2-14(15-9-6-12-19-15)17-16(18)11-10-13-7-4-3-5-8-13/h3-12,14H,2H2,1H3,(H,17,18)/b11-10+. The summed E-state index contributed by atoms with van der Waals surface area (Å²) in [4.78, 5) is 13.1. The van der Waals surface area contributed by atoms with Gasteiger partial charge in [-0.2, -0.15) is 0 Å². The first-order chi connectivity index (χ1) is 9.29. The van der Waals surface area contributed by atoms with E-state index in [0.29, 0.717) is 0 Å². The van der Waals surface area contributed by atoms with Crippen molar-refractivity contribution in [1.82, 2.24) is 5.32 Å². The second kappa shape index (κ2) is 6.90. The lowest BCUT2D eigenvalue weighted by molar-refractivity contribution is -0.117.